The summed E-state index contributed by atoms with van der Waals surface area (Å²) in [6.45, 7) is 3.85. The molecule has 19 heavy (non-hydrogen) atoms. The van der Waals surface area contributed by atoms with Gasteiger partial charge in [-0.15, -0.1) is 0 Å². The second kappa shape index (κ2) is 4.72. The maximum absolute atomic E-state index is 13.5. The van der Waals surface area contributed by atoms with Crippen LogP contribution < -0.4 is 5.32 Å². The molecular formula is C13H20F2N2O2. The Hall–Kier alpha value is -1.20. The number of nitrogens with zero attached hydrogens (tertiary/aromatic N) is 1. The van der Waals surface area contributed by atoms with E-state index in [0.29, 0.717) is 19.4 Å². The summed E-state index contributed by atoms with van der Waals surface area (Å²) in [6.07, 6.45) is 1.09. The van der Waals surface area contributed by atoms with Gasteiger partial charge in [0, 0.05) is 25.4 Å². The first kappa shape index (κ1) is 14.2. The lowest BCUT2D eigenvalue weighted by Gasteiger charge is -2.36. The molecule has 1 saturated heterocycles. The summed E-state index contributed by atoms with van der Waals surface area (Å²) in [5, 5.41) is 2.63. The Morgan fingerprint density at radius 1 is 1.37 bits per heavy atom. The molecule has 108 valence electrons. The van der Waals surface area contributed by atoms with Crippen molar-refractivity contribution in [2.75, 3.05) is 13.1 Å². The molecule has 2 aliphatic rings. The Labute approximate surface area is 111 Å². The number of rotatable bonds is 3. The fourth-order valence-electron chi connectivity index (χ4n) is 2.77. The van der Waals surface area contributed by atoms with Gasteiger partial charge in [-0.25, -0.2) is 13.6 Å². The number of alkyl halides is 2. The second-order valence-corrected chi connectivity index (χ2v) is 6.14. The number of urea groups is 1. The monoisotopic (exact) mass is 274 g/mol. The predicted molar refractivity (Wildman–Crippen MR) is 65.8 cm³/mol. The summed E-state index contributed by atoms with van der Waals surface area (Å²) in [6, 6.07) is -0.467. The highest BCUT2D eigenvalue weighted by Crippen LogP contribution is 2.42. The van der Waals surface area contributed by atoms with Crippen molar-refractivity contribution in [3.63, 3.8) is 0 Å². The third kappa shape index (κ3) is 2.72. The SMILES string of the molecule is CC1(C)CNC(=O)N(CCC2CCCC2(F)F)C1=O. The van der Waals surface area contributed by atoms with Gasteiger partial charge < -0.3 is 5.32 Å². The van der Waals surface area contributed by atoms with Crippen molar-refractivity contribution in [1.82, 2.24) is 10.2 Å². The van der Waals surface area contributed by atoms with Crippen LogP contribution in [0.25, 0.3) is 0 Å². The minimum absolute atomic E-state index is 0.0777. The summed E-state index contributed by atoms with van der Waals surface area (Å²) < 4.78 is 27.0. The Kier molecular flexibility index (Phi) is 3.53. The molecule has 1 heterocycles. The van der Waals surface area contributed by atoms with Crippen LogP contribution in [0.2, 0.25) is 0 Å². The van der Waals surface area contributed by atoms with Crippen molar-refractivity contribution >= 4 is 11.9 Å². The molecule has 1 saturated carbocycles. The van der Waals surface area contributed by atoms with Crippen LogP contribution in [0.5, 0.6) is 0 Å². The third-order valence-electron chi connectivity index (χ3n) is 4.11. The number of hydrogen-bond donors (Lipinski definition) is 1. The van der Waals surface area contributed by atoms with Gasteiger partial charge in [-0.1, -0.05) is 0 Å². The van der Waals surface area contributed by atoms with E-state index in [1.54, 1.807) is 13.8 Å². The molecule has 0 bridgehead atoms. The fourth-order valence-corrected chi connectivity index (χ4v) is 2.77. The van der Waals surface area contributed by atoms with E-state index in [1.165, 1.54) is 0 Å². The first-order chi connectivity index (χ1) is 8.74. The van der Waals surface area contributed by atoms with Crippen molar-refractivity contribution in [3.8, 4) is 0 Å². The summed E-state index contributed by atoms with van der Waals surface area (Å²) >= 11 is 0. The molecule has 0 aromatic carbocycles. The smallest absolute Gasteiger partial charge is 0.324 e. The molecule has 0 radical (unpaired) electrons. The van der Waals surface area contributed by atoms with Gasteiger partial charge in [-0.05, 0) is 33.1 Å². The topological polar surface area (TPSA) is 49.4 Å². The van der Waals surface area contributed by atoms with Crippen LogP contribution in [0.1, 0.15) is 39.5 Å². The number of halogens is 2. The molecule has 1 N–H and O–H groups in total. The second-order valence-electron chi connectivity index (χ2n) is 6.14. The van der Waals surface area contributed by atoms with E-state index in [1.807, 2.05) is 0 Å². The van der Waals surface area contributed by atoms with Crippen LogP contribution in [-0.2, 0) is 4.79 Å². The van der Waals surface area contributed by atoms with E-state index in [-0.39, 0.29) is 25.3 Å². The first-order valence-corrected chi connectivity index (χ1v) is 6.72. The zero-order valence-electron chi connectivity index (χ0n) is 11.3. The highest BCUT2D eigenvalue weighted by atomic mass is 19.3. The van der Waals surface area contributed by atoms with Crippen molar-refractivity contribution < 1.29 is 18.4 Å². The number of nitrogens with one attached hydrogen (secondary N) is 1. The predicted octanol–water partition coefficient (Wildman–Crippen LogP) is 2.39. The van der Waals surface area contributed by atoms with Gasteiger partial charge >= 0.3 is 6.03 Å². The molecule has 2 fully saturated rings. The normalized spacial score (nSPS) is 29.5. The van der Waals surface area contributed by atoms with E-state index in [4.69, 9.17) is 0 Å². The zero-order valence-corrected chi connectivity index (χ0v) is 11.3. The molecule has 1 aliphatic heterocycles. The number of imide groups is 1. The van der Waals surface area contributed by atoms with E-state index in [9.17, 15) is 18.4 Å². The molecule has 1 aliphatic carbocycles. The van der Waals surface area contributed by atoms with Crippen LogP contribution >= 0.6 is 0 Å². The molecule has 0 aromatic rings. The van der Waals surface area contributed by atoms with Crippen molar-refractivity contribution in [2.24, 2.45) is 11.3 Å². The Balaban J connectivity index is 1.98. The Morgan fingerprint density at radius 3 is 2.63 bits per heavy atom. The molecule has 1 unspecified atom stereocenters. The number of carbonyl (C=O) groups is 2. The van der Waals surface area contributed by atoms with E-state index < -0.39 is 23.3 Å². The van der Waals surface area contributed by atoms with Crippen molar-refractivity contribution in [3.05, 3.63) is 0 Å². The summed E-state index contributed by atoms with van der Waals surface area (Å²) in [5.74, 6) is -3.64. The Bertz CT molecular complexity index is 396. The van der Waals surface area contributed by atoms with E-state index in [0.717, 1.165) is 4.90 Å². The maximum atomic E-state index is 13.5. The van der Waals surface area contributed by atoms with Gasteiger partial charge in [-0.3, -0.25) is 9.69 Å². The lowest BCUT2D eigenvalue weighted by Crippen LogP contribution is -2.59. The quantitative estimate of drug-likeness (QED) is 0.859. The molecule has 2 rings (SSSR count). The molecule has 4 nitrogen and oxygen atoms in total. The number of amides is 3. The highest BCUT2D eigenvalue weighted by molar-refractivity contribution is 5.99. The molecule has 0 aromatic heterocycles. The van der Waals surface area contributed by atoms with E-state index >= 15 is 0 Å². The summed E-state index contributed by atoms with van der Waals surface area (Å²) in [5.41, 5.74) is -0.661. The minimum Gasteiger partial charge on any atom is -0.337 e. The van der Waals surface area contributed by atoms with Gasteiger partial charge in [0.2, 0.25) is 5.91 Å². The molecular weight excluding hydrogens is 254 g/mol. The fraction of sp³-hybridized carbons (Fsp3) is 0.846. The summed E-state index contributed by atoms with van der Waals surface area (Å²) in [4.78, 5) is 24.8. The van der Waals surface area contributed by atoms with Crippen LogP contribution in [0.15, 0.2) is 0 Å². The van der Waals surface area contributed by atoms with Crippen LogP contribution in [0.3, 0.4) is 0 Å². The standard InChI is InChI=1S/C13H20F2N2O2/c1-12(2)8-16-11(19)17(10(12)18)7-5-9-4-3-6-13(9,14)15/h9H,3-8H2,1-2H3,(H,16,19). The average Bonchev–Trinajstić information content (AvgIpc) is 2.64. The van der Waals surface area contributed by atoms with E-state index in [2.05, 4.69) is 5.32 Å². The minimum atomic E-state index is -2.65. The molecule has 3 amide bonds. The number of hydrogen-bond acceptors (Lipinski definition) is 2. The largest absolute Gasteiger partial charge is 0.337 e. The zero-order chi connectivity index (χ0) is 14.3. The molecule has 1 atom stereocenters. The molecule has 0 spiro atoms. The van der Waals surface area contributed by atoms with Crippen LogP contribution in [0, 0.1) is 11.3 Å². The molecule has 6 heteroatoms. The maximum Gasteiger partial charge on any atom is 0.324 e. The first-order valence-electron chi connectivity index (χ1n) is 6.72. The lowest BCUT2D eigenvalue weighted by atomic mass is 9.89. The summed E-state index contributed by atoms with van der Waals surface area (Å²) in [7, 11) is 0. The van der Waals surface area contributed by atoms with Gasteiger partial charge in [0.05, 0.1) is 5.41 Å². The van der Waals surface area contributed by atoms with Crippen LogP contribution in [0.4, 0.5) is 13.6 Å². The lowest BCUT2D eigenvalue weighted by molar-refractivity contribution is -0.139. The van der Waals surface area contributed by atoms with Gasteiger partial charge in [-0.2, -0.15) is 0 Å². The average molecular weight is 274 g/mol. The highest BCUT2D eigenvalue weighted by Gasteiger charge is 2.45. The van der Waals surface area contributed by atoms with Crippen molar-refractivity contribution in [1.29, 1.82) is 0 Å². The van der Waals surface area contributed by atoms with Crippen molar-refractivity contribution in [2.45, 2.75) is 45.5 Å². The van der Waals surface area contributed by atoms with Gasteiger partial charge in [0.25, 0.3) is 5.92 Å². The van der Waals surface area contributed by atoms with Crippen LogP contribution in [-0.4, -0.2) is 35.9 Å². The van der Waals surface area contributed by atoms with Gasteiger partial charge in [0.15, 0.2) is 0 Å². The van der Waals surface area contributed by atoms with Gasteiger partial charge in [0.1, 0.15) is 0 Å². The Morgan fingerprint density at radius 2 is 2.05 bits per heavy atom. The number of carbonyl (C=O) groups excluding carboxylic acids is 2. The third-order valence-corrected chi connectivity index (χ3v) is 4.11.